The minimum atomic E-state index is -0.405. The highest BCUT2D eigenvalue weighted by Crippen LogP contribution is 2.30. The number of halogens is 1. The molecule has 152 valence electrons. The van der Waals surface area contributed by atoms with Gasteiger partial charge < -0.3 is 9.47 Å². The predicted molar refractivity (Wildman–Crippen MR) is 123 cm³/mol. The second kappa shape index (κ2) is 9.32. The zero-order valence-electron chi connectivity index (χ0n) is 15.9. The number of carbonyl (C=O) groups is 1. The van der Waals surface area contributed by atoms with Crippen LogP contribution in [0.15, 0.2) is 75.2 Å². The van der Waals surface area contributed by atoms with Crippen LogP contribution >= 0.6 is 27.7 Å². The van der Waals surface area contributed by atoms with Gasteiger partial charge in [0.25, 0.3) is 5.91 Å². The van der Waals surface area contributed by atoms with Gasteiger partial charge in [0.15, 0.2) is 5.17 Å². The molecular formula is C22H18BrN3O3S. The molecule has 0 atom stereocenters. The number of fused-ring (bicyclic) bond motifs is 1. The van der Waals surface area contributed by atoms with Crippen LogP contribution in [0.4, 0.5) is 0 Å². The number of nitrogens with zero attached hydrogens (tertiary/aromatic N) is 2. The number of benzene rings is 2. The van der Waals surface area contributed by atoms with Gasteiger partial charge in [0.2, 0.25) is 0 Å². The first kappa shape index (κ1) is 20.4. The van der Waals surface area contributed by atoms with E-state index in [1.165, 1.54) is 11.8 Å². The van der Waals surface area contributed by atoms with Crippen LogP contribution in [0.3, 0.4) is 0 Å². The number of carbonyl (C=O) groups excluding carboxylic acids is 1. The van der Waals surface area contributed by atoms with Gasteiger partial charge in [-0.15, -0.1) is 0 Å². The van der Waals surface area contributed by atoms with Crippen LogP contribution in [0, 0.1) is 5.41 Å². The summed E-state index contributed by atoms with van der Waals surface area (Å²) in [5, 5.41) is 10.6. The van der Waals surface area contributed by atoms with Crippen molar-refractivity contribution in [1.29, 1.82) is 5.41 Å². The number of aliphatic imine (C=N–C) groups is 1. The Bertz CT molecular complexity index is 1070. The molecule has 2 aromatic rings. The first-order valence-electron chi connectivity index (χ1n) is 9.28. The van der Waals surface area contributed by atoms with E-state index in [-0.39, 0.29) is 11.4 Å². The molecule has 6 nitrogen and oxygen atoms in total. The SMILES string of the molecule is N=C1/C(=C/c2ccc(OCCCOc3ccccc3)c(Br)c2)C(=O)N=C2SC=CN12. The second-order valence-corrected chi connectivity index (χ2v) is 8.16. The Kier molecular flexibility index (Phi) is 6.35. The van der Waals surface area contributed by atoms with E-state index in [1.54, 1.807) is 22.6 Å². The van der Waals surface area contributed by atoms with Gasteiger partial charge in [0.1, 0.15) is 17.3 Å². The summed E-state index contributed by atoms with van der Waals surface area (Å²) < 4.78 is 12.3. The van der Waals surface area contributed by atoms with Crippen molar-refractivity contribution >= 4 is 50.7 Å². The third kappa shape index (κ3) is 4.66. The lowest BCUT2D eigenvalue weighted by molar-refractivity contribution is -0.114. The largest absolute Gasteiger partial charge is 0.493 e. The van der Waals surface area contributed by atoms with Gasteiger partial charge in [0, 0.05) is 12.6 Å². The number of para-hydroxylation sites is 1. The fourth-order valence-corrected chi connectivity index (χ4v) is 4.09. The van der Waals surface area contributed by atoms with Gasteiger partial charge >= 0.3 is 0 Å². The van der Waals surface area contributed by atoms with Crippen LogP contribution in [-0.4, -0.2) is 35.0 Å². The Balaban J connectivity index is 1.35. The summed E-state index contributed by atoms with van der Waals surface area (Å²) in [6.07, 6.45) is 4.16. The van der Waals surface area contributed by atoms with Crippen molar-refractivity contribution in [1.82, 2.24) is 4.90 Å². The lowest BCUT2D eigenvalue weighted by atomic mass is 10.1. The van der Waals surface area contributed by atoms with E-state index >= 15 is 0 Å². The van der Waals surface area contributed by atoms with E-state index in [2.05, 4.69) is 20.9 Å². The molecule has 0 aromatic heterocycles. The van der Waals surface area contributed by atoms with Gasteiger partial charge in [-0.25, -0.2) is 0 Å². The Morgan fingerprint density at radius 1 is 1.13 bits per heavy atom. The van der Waals surface area contributed by atoms with Crippen molar-refractivity contribution in [2.75, 3.05) is 13.2 Å². The van der Waals surface area contributed by atoms with E-state index in [4.69, 9.17) is 14.9 Å². The van der Waals surface area contributed by atoms with E-state index in [0.29, 0.717) is 24.1 Å². The van der Waals surface area contributed by atoms with Crippen LogP contribution in [-0.2, 0) is 4.79 Å². The average Bonchev–Trinajstić information content (AvgIpc) is 3.21. The van der Waals surface area contributed by atoms with Crippen molar-refractivity contribution in [2.24, 2.45) is 4.99 Å². The lowest BCUT2D eigenvalue weighted by Gasteiger charge is -2.22. The summed E-state index contributed by atoms with van der Waals surface area (Å²) in [7, 11) is 0. The molecule has 0 fully saturated rings. The summed E-state index contributed by atoms with van der Waals surface area (Å²) in [6.45, 7) is 1.09. The molecule has 0 aliphatic carbocycles. The van der Waals surface area contributed by atoms with Gasteiger partial charge in [-0.3, -0.25) is 15.1 Å². The monoisotopic (exact) mass is 483 g/mol. The number of rotatable bonds is 7. The Morgan fingerprint density at radius 2 is 1.93 bits per heavy atom. The normalized spacial score (nSPS) is 16.6. The van der Waals surface area contributed by atoms with Gasteiger partial charge in [-0.05, 0) is 57.2 Å². The number of amidine groups is 2. The fraction of sp³-hybridized carbons (Fsp3) is 0.136. The van der Waals surface area contributed by atoms with E-state index in [9.17, 15) is 4.79 Å². The van der Waals surface area contributed by atoms with Gasteiger partial charge in [-0.1, -0.05) is 36.0 Å². The molecule has 1 amide bonds. The number of amides is 1. The number of nitrogens with one attached hydrogen (secondary N) is 1. The summed E-state index contributed by atoms with van der Waals surface area (Å²) >= 11 is 4.85. The zero-order valence-corrected chi connectivity index (χ0v) is 18.3. The maximum Gasteiger partial charge on any atom is 0.283 e. The number of thioether (sulfide) groups is 1. The first-order chi connectivity index (χ1) is 14.6. The first-order valence-corrected chi connectivity index (χ1v) is 11.0. The molecule has 2 aliphatic rings. The molecule has 1 N–H and O–H groups in total. The quantitative estimate of drug-likeness (QED) is 0.439. The number of hydrogen-bond acceptors (Lipinski definition) is 5. The van der Waals surface area contributed by atoms with Crippen molar-refractivity contribution in [3.63, 3.8) is 0 Å². The summed E-state index contributed by atoms with van der Waals surface area (Å²) in [5.41, 5.74) is 1.04. The minimum absolute atomic E-state index is 0.126. The molecule has 2 aliphatic heterocycles. The zero-order chi connectivity index (χ0) is 20.9. The molecule has 0 radical (unpaired) electrons. The molecule has 2 heterocycles. The maximum absolute atomic E-state index is 12.3. The highest BCUT2D eigenvalue weighted by Gasteiger charge is 2.30. The molecule has 4 rings (SSSR count). The van der Waals surface area contributed by atoms with Crippen molar-refractivity contribution in [3.8, 4) is 11.5 Å². The molecule has 2 aromatic carbocycles. The second-order valence-electron chi connectivity index (χ2n) is 6.43. The summed E-state index contributed by atoms with van der Waals surface area (Å²) in [6, 6.07) is 15.2. The number of hydrogen-bond donors (Lipinski definition) is 1. The van der Waals surface area contributed by atoms with Crippen molar-refractivity contribution in [3.05, 3.63) is 75.7 Å². The molecule has 0 unspecified atom stereocenters. The lowest BCUT2D eigenvalue weighted by Crippen LogP contribution is -2.35. The summed E-state index contributed by atoms with van der Waals surface area (Å²) in [4.78, 5) is 17.9. The standard InChI is InChI=1S/C22H18BrN3O3S/c23-18-14-15(13-17-20(24)26-9-12-30-22(26)25-21(17)27)7-8-19(18)29-11-4-10-28-16-5-2-1-3-6-16/h1-3,5-9,12-14,24H,4,10-11H2/b17-13-,24-20?. The smallest absolute Gasteiger partial charge is 0.283 e. The van der Waals surface area contributed by atoms with Crippen LogP contribution in [0.5, 0.6) is 11.5 Å². The highest BCUT2D eigenvalue weighted by atomic mass is 79.9. The van der Waals surface area contributed by atoms with Crippen LogP contribution in [0.2, 0.25) is 0 Å². The fourth-order valence-electron chi connectivity index (χ4n) is 2.87. The Morgan fingerprint density at radius 3 is 2.73 bits per heavy atom. The predicted octanol–water partition coefficient (Wildman–Crippen LogP) is 5.07. The molecule has 0 spiro atoms. The van der Waals surface area contributed by atoms with E-state index in [1.807, 2.05) is 48.5 Å². The maximum atomic E-state index is 12.3. The topological polar surface area (TPSA) is 75.0 Å². The van der Waals surface area contributed by atoms with Crippen molar-refractivity contribution < 1.29 is 14.3 Å². The van der Waals surface area contributed by atoms with Crippen LogP contribution in [0.1, 0.15) is 12.0 Å². The molecular weight excluding hydrogens is 466 g/mol. The third-order valence-corrected chi connectivity index (χ3v) is 5.71. The average molecular weight is 484 g/mol. The Labute approximate surface area is 186 Å². The molecule has 0 saturated heterocycles. The van der Waals surface area contributed by atoms with E-state index < -0.39 is 5.91 Å². The van der Waals surface area contributed by atoms with Crippen LogP contribution < -0.4 is 9.47 Å². The minimum Gasteiger partial charge on any atom is -0.493 e. The molecule has 8 heteroatoms. The number of ether oxygens (including phenoxy) is 2. The van der Waals surface area contributed by atoms with Crippen molar-refractivity contribution in [2.45, 2.75) is 6.42 Å². The Hall–Kier alpha value is -2.84. The van der Waals surface area contributed by atoms with E-state index in [0.717, 1.165) is 22.2 Å². The molecule has 0 bridgehead atoms. The van der Waals surface area contributed by atoms with Gasteiger partial charge in [-0.2, -0.15) is 4.99 Å². The third-order valence-electron chi connectivity index (χ3n) is 4.34. The highest BCUT2D eigenvalue weighted by molar-refractivity contribution is 9.10. The van der Waals surface area contributed by atoms with Crippen LogP contribution in [0.25, 0.3) is 6.08 Å². The molecule has 0 saturated carbocycles. The van der Waals surface area contributed by atoms with Gasteiger partial charge in [0.05, 0.1) is 23.3 Å². The summed E-state index contributed by atoms with van der Waals surface area (Å²) in [5.74, 6) is 1.28. The molecule has 30 heavy (non-hydrogen) atoms.